The Bertz CT molecular complexity index is 376. The lowest BCUT2D eigenvalue weighted by molar-refractivity contribution is 0.210. The summed E-state index contributed by atoms with van der Waals surface area (Å²) < 4.78 is 23.9. The summed E-state index contributed by atoms with van der Waals surface area (Å²) in [6.07, 6.45) is 4.65. The highest BCUT2D eigenvalue weighted by atomic mass is 19.1. The van der Waals surface area contributed by atoms with Gasteiger partial charge in [-0.25, -0.2) is 4.39 Å². The van der Waals surface area contributed by atoms with Crippen molar-refractivity contribution in [1.29, 1.82) is 0 Å². The molecule has 1 aromatic rings. The van der Waals surface area contributed by atoms with Crippen molar-refractivity contribution >= 4 is 5.69 Å². The maximum absolute atomic E-state index is 13.3. The summed E-state index contributed by atoms with van der Waals surface area (Å²) in [6, 6.07) is 2.76. The zero-order chi connectivity index (χ0) is 11.5. The van der Waals surface area contributed by atoms with Gasteiger partial charge in [0.25, 0.3) is 0 Å². The molecule has 1 aliphatic rings. The molecule has 2 N–H and O–H groups in total. The number of nitrogens with two attached hydrogens (primary N) is 1. The number of hydrogen-bond acceptors (Lipinski definition) is 3. The fraction of sp³-hybridized carbons (Fsp3) is 0.500. The van der Waals surface area contributed by atoms with Crippen molar-refractivity contribution in [2.45, 2.75) is 31.8 Å². The van der Waals surface area contributed by atoms with Crippen molar-refractivity contribution in [3.8, 4) is 11.5 Å². The Morgan fingerprint density at radius 3 is 2.56 bits per heavy atom. The highest BCUT2D eigenvalue weighted by Gasteiger charge is 2.18. The maximum Gasteiger partial charge on any atom is 0.167 e. The van der Waals surface area contributed by atoms with Crippen LogP contribution in [0, 0.1) is 5.82 Å². The van der Waals surface area contributed by atoms with Crippen molar-refractivity contribution < 1.29 is 13.9 Å². The average Bonchev–Trinajstić information content (AvgIpc) is 2.75. The van der Waals surface area contributed by atoms with Crippen molar-refractivity contribution in [2.24, 2.45) is 0 Å². The number of anilines is 1. The van der Waals surface area contributed by atoms with Crippen LogP contribution >= 0.6 is 0 Å². The number of rotatable bonds is 3. The van der Waals surface area contributed by atoms with E-state index in [0.717, 1.165) is 12.8 Å². The summed E-state index contributed by atoms with van der Waals surface area (Å²) >= 11 is 0. The van der Waals surface area contributed by atoms with E-state index in [9.17, 15) is 4.39 Å². The molecule has 4 heteroatoms. The number of nitrogen functional groups attached to an aromatic ring is 1. The van der Waals surface area contributed by atoms with Gasteiger partial charge in [-0.2, -0.15) is 0 Å². The third kappa shape index (κ3) is 2.21. The minimum Gasteiger partial charge on any atom is -0.494 e. The number of methoxy groups -OCH3 is 1. The third-order valence-electron chi connectivity index (χ3n) is 2.88. The molecule has 1 fully saturated rings. The van der Waals surface area contributed by atoms with Crippen molar-refractivity contribution in [3.05, 3.63) is 17.9 Å². The lowest BCUT2D eigenvalue weighted by Crippen LogP contribution is -2.12. The summed E-state index contributed by atoms with van der Waals surface area (Å²) in [5.41, 5.74) is 6.03. The van der Waals surface area contributed by atoms with E-state index in [2.05, 4.69) is 0 Å². The normalized spacial score (nSPS) is 16.4. The largest absolute Gasteiger partial charge is 0.494 e. The summed E-state index contributed by atoms with van der Waals surface area (Å²) in [6.45, 7) is 0. The van der Waals surface area contributed by atoms with Crippen molar-refractivity contribution in [2.75, 3.05) is 12.8 Å². The van der Waals surface area contributed by atoms with E-state index in [1.165, 1.54) is 32.1 Å². The zero-order valence-electron chi connectivity index (χ0n) is 9.33. The number of hydrogen-bond donors (Lipinski definition) is 1. The standard InChI is InChI=1S/C12H16FNO2/c1-15-11-7-12(10(14)6-9(11)13)16-8-4-2-3-5-8/h6-8H,2-5,14H2,1H3. The van der Waals surface area contributed by atoms with Gasteiger partial charge in [-0.3, -0.25) is 0 Å². The second kappa shape index (κ2) is 4.60. The maximum atomic E-state index is 13.3. The molecule has 1 aromatic carbocycles. The number of ether oxygens (including phenoxy) is 2. The lowest BCUT2D eigenvalue weighted by atomic mass is 10.2. The molecule has 0 aliphatic heterocycles. The SMILES string of the molecule is COc1cc(OC2CCCC2)c(N)cc1F. The molecule has 0 atom stereocenters. The molecule has 0 heterocycles. The first-order valence-corrected chi connectivity index (χ1v) is 5.50. The van der Waals surface area contributed by atoms with E-state index in [1.54, 1.807) is 0 Å². The van der Waals surface area contributed by atoms with Crippen LogP contribution in [0.5, 0.6) is 11.5 Å². The summed E-state index contributed by atoms with van der Waals surface area (Å²) in [7, 11) is 1.42. The Kier molecular flexibility index (Phi) is 3.17. The van der Waals surface area contributed by atoms with Gasteiger partial charge in [-0.05, 0) is 25.7 Å². The molecule has 1 aliphatic carbocycles. The van der Waals surface area contributed by atoms with Gasteiger partial charge in [0.05, 0.1) is 18.9 Å². The highest BCUT2D eigenvalue weighted by molar-refractivity contribution is 5.56. The molecule has 0 saturated heterocycles. The van der Waals surface area contributed by atoms with Gasteiger partial charge in [0.1, 0.15) is 5.75 Å². The topological polar surface area (TPSA) is 44.5 Å². The first-order valence-electron chi connectivity index (χ1n) is 5.50. The van der Waals surface area contributed by atoms with Crippen LogP contribution in [-0.2, 0) is 0 Å². The van der Waals surface area contributed by atoms with Crippen molar-refractivity contribution in [3.63, 3.8) is 0 Å². The van der Waals surface area contributed by atoms with E-state index >= 15 is 0 Å². The fourth-order valence-corrected chi connectivity index (χ4v) is 1.99. The van der Waals surface area contributed by atoms with Crippen LogP contribution in [0.25, 0.3) is 0 Å². The van der Waals surface area contributed by atoms with Gasteiger partial charge in [0, 0.05) is 12.1 Å². The first-order chi connectivity index (χ1) is 7.70. The zero-order valence-corrected chi connectivity index (χ0v) is 9.33. The molecule has 2 rings (SSSR count). The van der Waals surface area contributed by atoms with Crippen LogP contribution in [0.15, 0.2) is 12.1 Å². The van der Waals surface area contributed by atoms with E-state index < -0.39 is 5.82 Å². The fourth-order valence-electron chi connectivity index (χ4n) is 1.99. The monoisotopic (exact) mass is 225 g/mol. The van der Waals surface area contributed by atoms with Gasteiger partial charge < -0.3 is 15.2 Å². The average molecular weight is 225 g/mol. The molecule has 1 saturated carbocycles. The number of halogens is 1. The van der Waals surface area contributed by atoms with E-state index in [1.807, 2.05) is 0 Å². The van der Waals surface area contributed by atoms with E-state index in [-0.39, 0.29) is 11.9 Å². The van der Waals surface area contributed by atoms with Crippen LogP contribution in [0.4, 0.5) is 10.1 Å². The minimum atomic E-state index is -0.459. The molecule has 3 nitrogen and oxygen atoms in total. The van der Waals surface area contributed by atoms with Crippen LogP contribution in [0.1, 0.15) is 25.7 Å². The van der Waals surface area contributed by atoms with Gasteiger partial charge >= 0.3 is 0 Å². The Morgan fingerprint density at radius 1 is 1.25 bits per heavy atom. The van der Waals surface area contributed by atoms with Crippen LogP contribution < -0.4 is 15.2 Å². The quantitative estimate of drug-likeness (QED) is 0.804. The molecule has 0 amide bonds. The van der Waals surface area contributed by atoms with Gasteiger partial charge in [-0.15, -0.1) is 0 Å². The molecular formula is C12H16FNO2. The number of benzene rings is 1. The molecule has 88 valence electrons. The molecule has 0 radical (unpaired) electrons. The Morgan fingerprint density at radius 2 is 1.94 bits per heavy atom. The van der Waals surface area contributed by atoms with Crippen LogP contribution in [-0.4, -0.2) is 13.2 Å². The first kappa shape index (κ1) is 11.0. The van der Waals surface area contributed by atoms with Gasteiger partial charge in [-0.1, -0.05) is 0 Å². The van der Waals surface area contributed by atoms with Gasteiger partial charge in [0.15, 0.2) is 11.6 Å². The summed E-state index contributed by atoms with van der Waals surface area (Å²) in [4.78, 5) is 0. The predicted octanol–water partition coefficient (Wildman–Crippen LogP) is 2.74. The summed E-state index contributed by atoms with van der Waals surface area (Å²) in [5.74, 6) is 0.228. The van der Waals surface area contributed by atoms with Crippen molar-refractivity contribution in [1.82, 2.24) is 0 Å². The molecule has 0 spiro atoms. The van der Waals surface area contributed by atoms with E-state index in [0.29, 0.717) is 11.4 Å². The van der Waals surface area contributed by atoms with Gasteiger partial charge in [0.2, 0.25) is 0 Å². The van der Waals surface area contributed by atoms with Crippen LogP contribution in [0.2, 0.25) is 0 Å². The predicted molar refractivity (Wildman–Crippen MR) is 60.2 cm³/mol. The second-order valence-electron chi connectivity index (χ2n) is 4.05. The van der Waals surface area contributed by atoms with E-state index in [4.69, 9.17) is 15.2 Å². The molecular weight excluding hydrogens is 209 g/mol. The molecule has 16 heavy (non-hydrogen) atoms. The smallest absolute Gasteiger partial charge is 0.167 e. The second-order valence-corrected chi connectivity index (χ2v) is 4.05. The molecule has 0 aromatic heterocycles. The summed E-state index contributed by atoms with van der Waals surface area (Å²) in [5, 5.41) is 0. The third-order valence-corrected chi connectivity index (χ3v) is 2.88. The Balaban J connectivity index is 2.18. The minimum absolute atomic E-state index is 0.169. The highest BCUT2D eigenvalue weighted by Crippen LogP contribution is 2.33. The molecule has 0 unspecified atom stereocenters. The van der Waals surface area contributed by atoms with Crippen LogP contribution in [0.3, 0.4) is 0 Å². The Hall–Kier alpha value is -1.45. The lowest BCUT2D eigenvalue weighted by Gasteiger charge is -2.15. The Labute approximate surface area is 94.3 Å². The molecule has 0 bridgehead atoms.